The molecule has 0 aliphatic carbocycles. The molecule has 0 aliphatic heterocycles. The summed E-state index contributed by atoms with van der Waals surface area (Å²) in [7, 11) is -8.66. The van der Waals surface area contributed by atoms with Gasteiger partial charge in [0, 0.05) is 0 Å². The molecule has 0 spiro atoms. The molecule has 0 bridgehead atoms. The lowest BCUT2D eigenvalue weighted by Crippen LogP contribution is -2.14. The molecule has 3 N–H and O–H groups in total. The molecule has 0 saturated carbocycles. The fourth-order valence-electron chi connectivity index (χ4n) is 2.19. The van der Waals surface area contributed by atoms with Gasteiger partial charge >= 0.3 is 0 Å². The molecule has 28 heavy (non-hydrogen) atoms. The Morgan fingerprint density at radius 2 is 1.29 bits per heavy atom. The molecule has 0 aliphatic rings. The quantitative estimate of drug-likeness (QED) is 0.415. The first kappa shape index (κ1) is 19.6. The summed E-state index contributed by atoms with van der Waals surface area (Å²) in [6, 6.07) is 9.77. The van der Waals surface area contributed by atoms with Gasteiger partial charge in [0.15, 0.2) is 5.69 Å². The Kier molecular flexibility index (Phi) is 4.99. The van der Waals surface area contributed by atoms with Gasteiger partial charge < -0.3 is 0 Å². The fourth-order valence-corrected chi connectivity index (χ4v) is 3.15. The summed E-state index contributed by atoms with van der Waals surface area (Å²) in [5, 5.41) is 10.2. The zero-order chi connectivity index (χ0) is 20.5. The minimum absolute atomic E-state index is 0.0577. The van der Waals surface area contributed by atoms with Crippen molar-refractivity contribution >= 4 is 31.6 Å². The molecule has 11 nitrogen and oxygen atoms in total. The van der Waals surface area contributed by atoms with Crippen LogP contribution in [-0.4, -0.2) is 35.7 Å². The standard InChI is InChI=1S/C15H12N4O7S2/c20-15-14(18-17-10-1-5-12(6-2-10)27(21,22)23)9-16-19(15)11-3-7-13(8-4-11)28(24,25)26/h1-9,16H,(H,21,22,23)(H,24,25,26). The van der Waals surface area contributed by atoms with Crippen LogP contribution in [0.5, 0.6) is 0 Å². The van der Waals surface area contributed by atoms with Crippen LogP contribution < -0.4 is 5.56 Å². The average molecular weight is 424 g/mol. The molecule has 0 amide bonds. The van der Waals surface area contributed by atoms with Gasteiger partial charge in [-0.3, -0.25) is 19.0 Å². The highest BCUT2D eigenvalue weighted by Gasteiger charge is 2.12. The van der Waals surface area contributed by atoms with Crippen LogP contribution in [0.2, 0.25) is 0 Å². The van der Waals surface area contributed by atoms with Gasteiger partial charge in [-0.25, -0.2) is 4.68 Å². The summed E-state index contributed by atoms with van der Waals surface area (Å²) in [5.41, 5.74) is -0.0796. The lowest BCUT2D eigenvalue weighted by atomic mass is 10.3. The minimum atomic E-state index is -4.34. The van der Waals surface area contributed by atoms with Crippen molar-refractivity contribution in [2.45, 2.75) is 9.79 Å². The van der Waals surface area contributed by atoms with E-state index in [1.165, 1.54) is 30.5 Å². The summed E-state index contributed by atoms with van der Waals surface area (Å²) in [4.78, 5) is 11.7. The minimum Gasteiger partial charge on any atom is -0.296 e. The maximum Gasteiger partial charge on any atom is 0.298 e. The second-order valence-corrected chi connectivity index (χ2v) is 8.28. The number of aromatic nitrogens is 2. The van der Waals surface area contributed by atoms with Crippen LogP contribution in [0.25, 0.3) is 5.69 Å². The zero-order valence-corrected chi connectivity index (χ0v) is 15.4. The molecule has 13 heteroatoms. The van der Waals surface area contributed by atoms with E-state index in [9.17, 15) is 21.6 Å². The molecule has 1 aromatic heterocycles. The van der Waals surface area contributed by atoms with Crippen LogP contribution in [0.15, 0.2) is 79.5 Å². The summed E-state index contributed by atoms with van der Waals surface area (Å²) in [6.07, 6.45) is 1.27. The van der Waals surface area contributed by atoms with E-state index in [1.807, 2.05) is 0 Å². The second-order valence-electron chi connectivity index (χ2n) is 5.44. The predicted molar refractivity (Wildman–Crippen MR) is 96.6 cm³/mol. The predicted octanol–water partition coefficient (Wildman–Crippen LogP) is 2.07. The number of hydrogen-bond donors (Lipinski definition) is 3. The molecule has 0 atom stereocenters. The summed E-state index contributed by atoms with van der Waals surface area (Å²) < 4.78 is 63.1. The molecule has 0 radical (unpaired) electrons. The van der Waals surface area contributed by atoms with Crippen molar-refractivity contribution in [2.24, 2.45) is 10.2 Å². The van der Waals surface area contributed by atoms with E-state index >= 15 is 0 Å². The van der Waals surface area contributed by atoms with Gasteiger partial charge in [0.05, 0.1) is 27.4 Å². The Morgan fingerprint density at radius 1 is 0.786 bits per heavy atom. The van der Waals surface area contributed by atoms with Gasteiger partial charge in [-0.05, 0) is 48.5 Å². The van der Waals surface area contributed by atoms with Crippen molar-refractivity contribution < 1.29 is 25.9 Å². The number of benzene rings is 2. The van der Waals surface area contributed by atoms with Crippen molar-refractivity contribution in [3.05, 3.63) is 65.1 Å². The van der Waals surface area contributed by atoms with Crippen molar-refractivity contribution in [1.82, 2.24) is 9.78 Å². The molecule has 1 heterocycles. The number of nitrogens with one attached hydrogen (secondary N) is 1. The van der Waals surface area contributed by atoms with Gasteiger partial charge in [-0.15, -0.1) is 5.11 Å². The first-order chi connectivity index (χ1) is 13.1. The number of rotatable bonds is 5. The normalized spacial score (nSPS) is 12.5. The van der Waals surface area contributed by atoms with Gasteiger partial charge in [0.1, 0.15) is 0 Å². The first-order valence-corrected chi connectivity index (χ1v) is 10.3. The van der Waals surface area contributed by atoms with E-state index in [0.29, 0.717) is 5.69 Å². The van der Waals surface area contributed by atoms with Crippen LogP contribution in [-0.2, 0) is 20.2 Å². The number of azo groups is 1. The first-order valence-electron chi connectivity index (χ1n) is 7.43. The number of hydrogen-bond acceptors (Lipinski definition) is 7. The maximum atomic E-state index is 12.4. The highest BCUT2D eigenvalue weighted by Crippen LogP contribution is 2.19. The van der Waals surface area contributed by atoms with Crippen molar-refractivity contribution in [2.75, 3.05) is 0 Å². The summed E-state index contributed by atoms with van der Waals surface area (Å²) in [6.45, 7) is 0. The van der Waals surface area contributed by atoms with E-state index in [2.05, 4.69) is 15.3 Å². The molecular weight excluding hydrogens is 412 g/mol. The topological polar surface area (TPSA) is 171 Å². The van der Waals surface area contributed by atoms with Gasteiger partial charge in [0.25, 0.3) is 25.8 Å². The number of nitrogens with zero attached hydrogens (tertiary/aromatic N) is 3. The molecule has 2 aromatic carbocycles. The summed E-state index contributed by atoms with van der Waals surface area (Å²) in [5.74, 6) is 0. The van der Waals surface area contributed by atoms with Crippen molar-refractivity contribution in [3.63, 3.8) is 0 Å². The van der Waals surface area contributed by atoms with Gasteiger partial charge in [-0.1, -0.05) is 0 Å². The molecule has 0 unspecified atom stereocenters. The highest BCUT2D eigenvalue weighted by atomic mass is 32.2. The third kappa shape index (κ3) is 4.23. The van der Waals surface area contributed by atoms with Crippen LogP contribution in [0.3, 0.4) is 0 Å². The molecule has 0 fully saturated rings. The Morgan fingerprint density at radius 3 is 1.79 bits per heavy atom. The SMILES string of the molecule is O=c1c(N=Nc2ccc(S(=O)(=O)O)cc2)c[nH]n1-c1ccc(S(=O)(=O)O)cc1. The smallest absolute Gasteiger partial charge is 0.296 e. The van der Waals surface area contributed by atoms with Crippen LogP contribution in [0.4, 0.5) is 11.4 Å². The Bertz CT molecular complexity index is 1300. The van der Waals surface area contributed by atoms with Gasteiger partial charge in [-0.2, -0.15) is 21.9 Å². The van der Waals surface area contributed by atoms with Crippen LogP contribution >= 0.6 is 0 Å². The highest BCUT2D eigenvalue weighted by molar-refractivity contribution is 7.86. The van der Waals surface area contributed by atoms with Crippen LogP contribution in [0.1, 0.15) is 0 Å². The lowest BCUT2D eigenvalue weighted by Gasteiger charge is -2.02. The second kappa shape index (κ2) is 7.12. The monoisotopic (exact) mass is 424 g/mol. The van der Waals surface area contributed by atoms with E-state index in [0.717, 1.165) is 28.9 Å². The van der Waals surface area contributed by atoms with Crippen molar-refractivity contribution in [1.29, 1.82) is 0 Å². The average Bonchev–Trinajstić information content (AvgIpc) is 2.99. The number of aromatic amines is 1. The molecule has 146 valence electrons. The Labute approximate surface area is 158 Å². The molecule has 3 aromatic rings. The lowest BCUT2D eigenvalue weighted by molar-refractivity contribution is 0.481. The van der Waals surface area contributed by atoms with E-state index < -0.39 is 25.8 Å². The van der Waals surface area contributed by atoms with E-state index in [4.69, 9.17) is 9.11 Å². The van der Waals surface area contributed by atoms with Crippen molar-refractivity contribution in [3.8, 4) is 5.69 Å². The maximum absolute atomic E-state index is 12.4. The molecule has 3 rings (SSSR count). The van der Waals surface area contributed by atoms with E-state index in [-0.39, 0.29) is 21.2 Å². The molecular formula is C15H12N4O7S2. The van der Waals surface area contributed by atoms with Gasteiger partial charge in [0.2, 0.25) is 0 Å². The third-order valence-corrected chi connectivity index (χ3v) is 5.29. The van der Waals surface area contributed by atoms with E-state index in [1.54, 1.807) is 0 Å². The fraction of sp³-hybridized carbons (Fsp3) is 0. The third-order valence-electron chi connectivity index (χ3n) is 3.55. The Hall–Kier alpha value is -3.13. The largest absolute Gasteiger partial charge is 0.298 e. The van der Waals surface area contributed by atoms with Crippen LogP contribution in [0, 0.1) is 0 Å². The summed E-state index contributed by atoms with van der Waals surface area (Å²) >= 11 is 0. The number of H-pyrrole nitrogens is 1. The zero-order valence-electron chi connectivity index (χ0n) is 13.8. The Balaban J connectivity index is 1.85. The molecule has 0 saturated heterocycles.